The Morgan fingerprint density at radius 2 is 1.83 bits per heavy atom. The van der Waals surface area contributed by atoms with E-state index in [1.54, 1.807) is 26.0 Å². The Kier molecular flexibility index (Phi) is 7.60. The minimum atomic E-state index is -3.78. The molecule has 0 fully saturated rings. The van der Waals surface area contributed by atoms with E-state index >= 15 is 0 Å². The summed E-state index contributed by atoms with van der Waals surface area (Å²) in [6, 6.07) is 10.3. The zero-order chi connectivity index (χ0) is 21.6. The van der Waals surface area contributed by atoms with Crippen LogP contribution in [0.15, 0.2) is 47.4 Å². The number of sulfonamides is 1. The van der Waals surface area contributed by atoms with Gasteiger partial charge in [0, 0.05) is 24.3 Å². The van der Waals surface area contributed by atoms with Crippen LogP contribution in [0.25, 0.3) is 0 Å². The number of hydrogen-bond donors (Lipinski definition) is 2. The van der Waals surface area contributed by atoms with Crippen LogP contribution in [0.2, 0.25) is 5.02 Å². The highest BCUT2D eigenvalue weighted by Gasteiger charge is 2.25. The van der Waals surface area contributed by atoms with E-state index in [0.717, 1.165) is 0 Å². The van der Waals surface area contributed by atoms with Gasteiger partial charge in [0.25, 0.3) is 5.91 Å². The van der Waals surface area contributed by atoms with Crippen molar-refractivity contribution in [2.75, 3.05) is 25.0 Å². The van der Waals surface area contributed by atoms with Crippen molar-refractivity contribution in [3.05, 3.63) is 53.1 Å². The first kappa shape index (κ1) is 22.7. The molecule has 0 bridgehead atoms. The van der Waals surface area contributed by atoms with Gasteiger partial charge in [-0.1, -0.05) is 31.5 Å². The standard InChI is InChI=1S/C19H22ClN3O5S/c1-3-23(4-2)29(26,27)17-11-14(8-9-16(17)20)22-18(24)12-28-15-7-5-6-13(10-15)19(21)25/h5-11H,3-4,12H2,1-2H3,(H2,21,25)(H,22,24). The number of carbonyl (C=O) groups is 2. The van der Waals surface area contributed by atoms with Crippen LogP contribution in [0.4, 0.5) is 5.69 Å². The third kappa shape index (κ3) is 5.69. The molecule has 0 heterocycles. The lowest BCUT2D eigenvalue weighted by Crippen LogP contribution is -2.31. The van der Waals surface area contributed by atoms with Crippen molar-refractivity contribution in [2.24, 2.45) is 5.73 Å². The number of nitrogens with one attached hydrogen (secondary N) is 1. The zero-order valence-electron chi connectivity index (χ0n) is 16.0. The molecule has 3 N–H and O–H groups in total. The summed E-state index contributed by atoms with van der Waals surface area (Å²) < 4.78 is 32.1. The number of carbonyl (C=O) groups excluding carboxylic acids is 2. The maximum absolute atomic E-state index is 12.7. The average molecular weight is 440 g/mol. The molecule has 29 heavy (non-hydrogen) atoms. The van der Waals surface area contributed by atoms with Gasteiger partial charge in [0.05, 0.1) is 5.02 Å². The number of primary amides is 1. The van der Waals surface area contributed by atoms with Gasteiger partial charge >= 0.3 is 0 Å². The second-order valence-electron chi connectivity index (χ2n) is 5.96. The van der Waals surface area contributed by atoms with E-state index in [1.807, 2.05) is 0 Å². The van der Waals surface area contributed by atoms with E-state index in [0.29, 0.717) is 18.8 Å². The maximum atomic E-state index is 12.7. The molecule has 0 unspecified atom stereocenters. The third-order valence-electron chi connectivity index (χ3n) is 4.03. The predicted molar refractivity (Wildman–Crippen MR) is 111 cm³/mol. The third-order valence-corrected chi connectivity index (χ3v) is 6.56. The summed E-state index contributed by atoms with van der Waals surface area (Å²) in [5.74, 6) is -0.816. The highest BCUT2D eigenvalue weighted by Crippen LogP contribution is 2.27. The molecular weight excluding hydrogens is 418 g/mol. The van der Waals surface area contributed by atoms with Crippen LogP contribution in [0.3, 0.4) is 0 Å². The second-order valence-corrected chi connectivity index (χ2v) is 8.28. The van der Waals surface area contributed by atoms with Crippen LogP contribution in [-0.4, -0.2) is 44.2 Å². The highest BCUT2D eigenvalue weighted by molar-refractivity contribution is 7.89. The Hall–Kier alpha value is -2.62. The Morgan fingerprint density at radius 3 is 2.45 bits per heavy atom. The molecule has 0 aliphatic carbocycles. The summed E-state index contributed by atoms with van der Waals surface area (Å²) in [6.07, 6.45) is 0. The number of rotatable bonds is 9. The number of nitrogens with zero attached hydrogens (tertiary/aromatic N) is 1. The lowest BCUT2D eigenvalue weighted by atomic mass is 10.2. The van der Waals surface area contributed by atoms with Gasteiger partial charge in [-0.2, -0.15) is 4.31 Å². The number of anilines is 1. The molecule has 156 valence electrons. The van der Waals surface area contributed by atoms with Crippen LogP contribution in [-0.2, 0) is 14.8 Å². The summed E-state index contributed by atoms with van der Waals surface area (Å²) >= 11 is 6.08. The molecule has 10 heteroatoms. The summed E-state index contributed by atoms with van der Waals surface area (Å²) in [6.45, 7) is 3.70. The van der Waals surface area contributed by atoms with Crippen molar-refractivity contribution in [1.29, 1.82) is 0 Å². The lowest BCUT2D eigenvalue weighted by Gasteiger charge is -2.19. The van der Waals surface area contributed by atoms with Crippen molar-refractivity contribution < 1.29 is 22.7 Å². The molecule has 0 atom stereocenters. The van der Waals surface area contributed by atoms with E-state index in [9.17, 15) is 18.0 Å². The summed E-state index contributed by atoms with van der Waals surface area (Å²) in [5, 5.41) is 2.63. The van der Waals surface area contributed by atoms with Gasteiger partial charge in [-0.25, -0.2) is 8.42 Å². The number of halogens is 1. The minimum absolute atomic E-state index is 0.0643. The summed E-state index contributed by atoms with van der Waals surface area (Å²) in [5.41, 5.74) is 5.73. The first-order chi connectivity index (χ1) is 13.7. The van der Waals surface area contributed by atoms with Crippen LogP contribution in [0, 0.1) is 0 Å². The van der Waals surface area contributed by atoms with Crippen molar-refractivity contribution >= 4 is 39.1 Å². The van der Waals surface area contributed by atoms with Gasteiger partial charge in [-0.3, -0.25) is 9.59 Å². The average Bonchev–Trinajstić information content (AvgIpc) is 2.68. The molecule has 0 spiro atoms. The van der Waals surface area contributed by atoms with Gasteiger partial charge in [-0.15, -0.1) is 0 Å². The molecule has 2 amide bonds. The van der Waals surface area contributed by atoms with E-state index < -0.39 is 21.8 Å². The number of ether oxygens (including phenoxy) is 1. The normalized spacial score (nSPS) is 11.3. The first-order valence-corrected chi connectivity index (χ1v) is 10.6. The Morgan fingerprint density at radius 1 is 1.14 bits per heavy atom. The van der Waals surface area contributed by atoms with Gasteiger partial charge in [0.2, 0.25) is 15.9 Å². The molecule has 2 aromatic carbocycles. The Labute approximate surface area is 174 Å². The summed E-state index contributed by atoms with van der Waals surface area (Å²) in [7, 11) is -3.78. The molecule has 2 rings (SSSR count). The highest BCUT2D eigenvalue weighted by atomic mass is 35.5. The van der Waals surface area contributed by atoms with Crippen LogP contribution in [0.5, 0.6) is 5.75 Å². The lowest BCUT2D eigenvalue weighted by molar-refractivity contribution is -0.118. The van der Waals surface area contributed by atoms with E-state index in [4.69, 9.17) is 22.1 Å². The first-order valence-electron chi connectivity index (χ1n) is 8.81. The number of hydrogen-bond acceptors (Lipinski definition) is 5. The predicted octanol–water partition coefficient (Wildman–Crippen LogP) is 2.49. The Bertz CT molecular complexity index is 1010. The van der Waals surface area contributed by atoms with Gasteiger partial charge in [0.15, 0.2) is 6.61 Å². The van der Waals surface area contributed by atoms with Crippen molar-refractivity contribution in [3.63, 3.8) is 0 Å². The number of amides is 2. The van der Waals surface area contributed by atoms with Crippen molar-refractivity contribution in [1.82, 2.24) is 4.31 Å². The zero-order valence-corrected chi connectivity index (χ0v) is 17.6. The minimum Gasteiger partial charge on any atom is -0.484 e. The van der Waals surface area contributed by atoms with Gasteiger partial charge < -0.3 is 15.8 Å². The Balaban J connectivity index is 2.11. The van der Waals surface area contributed by atoms with Crippen LogP contribution in [0.1, 0.15) is 24.2 Å². The number of nitrogens with two attached hydrogens (primary N) is 1. The maximum Gasteiger partial charge on any atom is 0.262 e. The van der Waals surface area contributed by atoms with E-state index in [-0.39, 0.29) is 27.8 Å². The van der Waals surface area contributed by atoms with E-state index in [1.165, 1.54) is 34.6 Å². The van der Waals surface area contributed by atoms with Crippen molar-refractivity contribution in [2.45, 2.75) is 18.7 Å². The molecule has 8 nitrogen and oxygen atoms in total. The molecule has 0 aliphatic rings. The number of benzene rings is 2. The van der Waals surface area contributed by atoms with Gasteiger partial charge in [0.1, 0.15) is 10.6 Å². The molecule has 0 radical (unpaired) electrons. The smallest absolute Gasteiger partial charge is 0.262 e. The van der Waals surface area contributed by atoms with Gasteiger partial charge in [-0.05, 0) is 36.4 Å². The van der Waals surface area contributed by atoms with Crippen molar-refractivity contribution in [3.8, 4) is 5.75 Å². The van der Waals surface area contributed by atoms with E-state index in [2.05, 4.69) is 5.32 Å². The quantitative estimate of drug-likeness (QED) is 0.622. The molecule has 0 saturated carbocycles. The molecule has 0 aliphatic heterocycles. The fraction of sp³-hybridized carbons (Fsp3) is 0.263. The van der Waals surface area contributed by atoms with Crippen LogP contribution >= 0.6 is 11.6 Å². The fourth-order valence-corrected chi connectivity index (χ4v) is 4.52. The molecule has 2 aromatic rings. The molecule has 0 aromatic heterocycles. The van der Waals surface area contributed by atoms with Crippen LogP contribution < -0.4 is 15.8 Å². The molecule has 0 saturated heterocycles. The fourth-order valence-electron chi connectivity index (χ4n) is 2.57. The largest absolute Gasteiger partial charge is 0.484 e. The monoisotopic (exact) mass is 439 g/mol. The molecular formula is C19H22ClN3O5S. The summed E-state index contributed by atoms with van der Waals surface area (Å²) in [4.78, 5) is 23.3. The SMILES string of the molecule is CCN(CC)S(=O)(=O)c1cc(NC(=O)COc2cccc(C(N)=O)c2)ccc1Cl. The second kappa shape index (κ2) is 9.73. The topological polar surface area (TPSA) is 119 Å².